The molecule has 35 heavy (non-hydrogen) atoms. The molecule has 2 aliphatic rings. The molecule has 5 heterocycles. The van der Waals surface area contributed by atoms with E-state index in [1.165, 1.54) is 0 Å². The van der Waals surface area contributed by atoms with Crippen LogP contribution in [0.4, 0.5) is 4.79 Å². The second-order valence-electron chi connectivity index (χ2n) is 9.52. The number of aryl methyl sites for hydroxylation is 2. The molecule has 3 aromatic heterocycles. The molecule has 6 rings (SSSR count). The maximum atomic E-state index is 12.5. The molecule has 1 fully saturated rings. The van der Waals surface area contributed by atoms with Gasteiger partial charge in [0.2, 0.25) is 0 Å². The van der Waals surface area contributed by atoms with E-state index in [0.29, 0.717) is 19.0 Å². The molecule has 10 heteroatoms. The number of urea groups is 1. The Morgan fingerprint density at radius 2 is 1.94 bits per heavy atom. The molecule has 0 unspecified atom stereocenters. The van der Waals surface area contributed by atoms with Crippen LogP contribution >= 0.6 is 0 Å². The lowest BCUT2D eigenvalue weighted by Gasteiger charge is -2.31. The monoisotopic (exact) mass is 473 g/mol. The molecule has 2 aliphatic heterocycles. The summed E-state index contributed by atoms with van der Waals surface area (Å²) in [7, 11) is 5.57. The maximum absolute atomic E-state index is 12.5. The minimum absolute atomic E-state index is 0.0478. The molecule has 4 aromatic rings. The Balaban J connectivity index is 1.49. The summed E-state index contributed by atoms with van der Waals surface area (Å²) in [6.07, 6.45) is 6.01. The predicted octanol–water partition coefficient (Wildman–Crippen LogP) is 2.46. The van der Waals surface area contributed by atoms with Gasteiger partial charge in [-0.05, 0) is 38.1 Å². The van der Waals surface area contributed by atoms with E-state index >= 15 is 0 Å². The highest BCUT2D eigenvalue weighted by Gasteiger charge is 2.30. The summed E-state index contributed by atoms with van der Waals surface area (Å²) in [6.45, 7) is 4.04. The van der Waals surface area contributed by atoms with Gasteiger partial charge in [-0.15, -0.1) is 0 Å². The molecule has 2 N–H and O–H groups in total. The molecule has 0 bridgehead atoms. The Kier molecular flexibility index (Phi) is 5.32. The van der Waals surface area contributed by atoms with E-state index in [0.717, 1.165) is 77.4 Å². The van der Waals surface area contributed by atoms with Crippen LogP contribution in [0, 0.1) is 0 Å². The molecule has 0 atom stereocenters. The first kappa shape index (κ1) is 21.8. The summed E-state index contributed by atoms with van der Waals surface area (Å²) < 4.78 is 6.09. The normalized spacial score (nSPS) is 16.6. The smallest absolute Gasteiger partial charge is 0.317 e. The number of amides is 2. The minimum atomic E-state index is -0.0478. The van der Waals surface area contributed by atoms with Gasteiger partial charge in [0.25, 0.3) is 0 Å². The second-order valence-corrected chi connectivity index (χ2v) is 9.52. The van der Waals surface area contributed by atoms with Crippen LogP contribution in [0.25, 0.3) is 33.4 Å². The molecular weight excluding hydrogens is 442 g/mol. The highest BCUT2D eigenvalue weighted by molar-refractivity contribution is 5.95. The highest BCUT2D eigenvalue weighted by Crippen LogP contribution is 2.36. The van der Waals surface area contributed by atoms with E-state index in [1.807, 2.05) is 36.1 Å². The Hall–Kier alpha value is -3.66. The first-order valence-corrected chi connectivity index (χ1v) is 12.3. The molecule has 2 amide bonds. The first-order chi connectivity index (χ1) is 17.0. The van der Waals surface area contributed by atoms with Crippen LogP contribution < -0.4 is 10.6 Å². The lowest BCUT2D eigenvalue weighted by atomic mass is 9.97. The number of rotatable bonds is 3. The van der Waals surface area contributed by atoms with Gasteiger partial charge in [0.15, 0.2) is 0 Å². The molecular formula is C25H31N9O. The summed E-state index contributed by atoms with van der Waals surface area (Å²) >= 11 is 0. The van der Waals surface area contributed by atoms with Crippen molar-refractivity contribution < 1.29 is 4.79 Å². The van der Waals surface area contributed by atoms with Gasteiger partial charge in [0, 0.05) is 62.9 Å². The van der Waals surface area contributed by atoms with Gasteiger partial charge >= 0.3 is 6.03 Å². The standard InChI is InChI=1S/C25H31N9O/c1-26-25(35)33-10-11-34-21(15-33)23(29-24(34)16-6-8-27-9-7-16)17-4-5-20-19(12-17)22(30-32(20)3)18-13-28-31(2)14-18/h4-5,12-14,16,27H,6-11,15H2,1-3H3,(H,26,35). The van der Waals surface area contributed by atoms with Gasteiger partial charge in [0.05, 0.1) is 29.6 Å². The number of carbonyl (C=O) groups is 1. The van der Waals surface area contributed by atoms with Crippen molar-refractivity contribution in [2.75, 3.05) is 26.7 Å². The number of benzene rings is 1. The van der Waals surface area contributed by atoms with Crippen molar-refractivity contribution >= 4 is 16.9 Å². The van der Waals surface area contributed by atoms with Crippen molar-refractivity contribution in [1.82, 2.24) is 44.6 Å². The molecule has 0 aliphatic carbocycles. The van der Waals surface area contributed by atoms with Crippen LogP contribution in [0.3, 0.4) is 0 Å². The molecule has 1 aromatic carbocycles. The van der Waals surface area contributed by atoms with Gasteiger partial charge in [-0.25, -0.2) is 9.78 Å². The van der Waals surface area contributed by atoms with Crippen LogP contribution in [0.15, 0.2) is 30.6 Å². The van der Waals surface area contributed by atoms with E-state index < -0.39 is 0 Å². The zero-order valence-corrected chi connectivity index (χ0v) is 20.5. The van der Waals surface area contributed by atoms with Crippen molar-refractivity contribution in [3.8, 4) is 22.5 Å². The van der Waals surface area contributed by atoms with E-state index in [2.05, 4.69) is 38.5 Å². The van der Waals surface area contributed by atoms with Crippen molar-refractivity contribution in [2.24, 2.45) is 14.1 Å². The highest BCUT2D eigenvalue weighted by atomic mass is 16.2. The Morgan fingerprint density at radius 3 is 2.69 bits per heavy atom. The quantitative estimate of drug-likeness (QED) is 0.476. The molecule has 10 nitrogen and oxygen atoms in total. The van der Waals surface area contributed by atoms with Crippen molar-refractivity contribution in [2.45, 2.75) is 31.8 Å². The largest absolute Gasteiger partial charge is 0.341 e. The van der Waals surface area contributed by atoms with Crippen molar-refractivity contribution in [3.63, 3.8) is 0 Å². The molecule has 0 radical (unpaired) electrons. The molecule has 182 valence electrons. The van der Waals surface area contributed by atoms with Crippen LogP contribution in [0.5, 0.6) is 0 Å². The van der Waals surface area contributed by atoms with E-state index in [9.17, 15) is 4.79 Å². The fraction of sp³-hybridized carbons (Fsp3) is 0.440. The third-order valence-electron chi connectivity index (χ3n) is 7.34. The Labute approximate surface area is 203 Å². The lowest BCUT2D eigenvalue weighted by molar-refractivity contribution is 0.185. The number of hydrogen-bond donors (Lipinski definition) is 2. The van der Waals surface area contributed by atoms with Gasteiger partial charge in [-0.2, -0.15) is 10.2 Å². The zero-order chi connectivity index (χ0) is 24.1. The predicted molar refractivity (Wildman–Crippen MR) is 134 cm³/mol. The van der Waals surface area contributed by atoms with Crippen molar-refractivity contribution in [1.29, 1.82) is 0 Å². The summed E-state index contributed by atoms with van der Waals surface area (Å²) in [5, 5.41) is 16.4. The summed E-state index contributed by atoms with van der Waals surface area (Å²) in [5.41, 5.74) is 6.10. The fourth-order valence-electron chi connectivity index (χ4n) is 5.52. The first-order valence-electron chi connectivity index (χ1n) is 12.3. The fourth-order valence-corrected chi connectivity index (χ4v) is 5.52. The summed E-state index contributed by atoms with van der Waals surface area (Å²) in [4.78, 5) is 19.6. The zero-order valence-electron chi connectivity index (χ0n) is 20.5. The SMILES string of the molecule is CNC(=O)N1CCn2c(C3CCNCC3)nc(-c3ccc4c(c3)c(-c3cnn(C)c3)nn4C)c2C1. The summed E-state index contributed by atoms with van der Waals surface area (Å²) in [5.74, 6) is 1.59. The average molecular weight is 474 g/mol. The third kappa shape index (κ3) is 3.68. The number of aromatic nitrogens is 6. The number of fused-ring (bicyclic) bond motifs is 2. The maximum Gasteiger partial charge on any atom is 0.317 e. The van der Waals surface area contributed by atoms with E-state index in [-0.39, 0.29) is 6.03 Å². The van der Waals surface area contributed by atoms with Crippen LogP contribution in [-0.2, 0) is 27.2 Å². The van der Waals surface area contributed by atoms with E-state index in [1.54, 1.807) is 11.7 Å². The topological polar surface area (TPSA) is 97.8 Å². The molecule has 0 spiro atoms. The van der Waals surface area contributed by atoms with Crippen LogP contribution in [0.1, 0.15) is 30.3 Å². The Bertz CT molecular complexity index is 1410. The number of carbonyl (C=O) groups excluding carboxylic acids is 1. The van der Waals surface area contributed by atoms with Gasteiger partial charge in [0.1, 0.15) is 11.5 Å². The van der Waals surface area contributed by atoms with Gasteiger partial charge < -0.3 is 20.1 Å². The van der Waals surface area contributed by atoms with E-state index in [4.69, 9.17) is 10.1 Å². The number of hydrogen-bond acceptors (Lipinski definition) is 5. The van der Waals surface area contributed by atoms with Crippen LogP contribution in [-0.4, -0.2) is 66.7 Å². The molecule has 1 saturated heterocycles. The number of nitrogens with one attached hydrogen (secondary N) is 2. The second kappa shape index (κ2) is 8.53. The number of imidazole rings is 1. The van der Waals surface area contributed by atoms with Gasteiger partial charge in [-0.1, -0.05) is 6.07 Å². The number of nitrogens with zero attached hydrogens (tertiary/aromatic N) is 7. The van der Waals surface area contributed by atoms with Gasteiger partial charge in [-0.3, -0.25) is 9.36 Å². The summed E-state index contributed by atoms with van der Waals surface area (Å²) in [6, 6.07) is 6.39. The van der Waals surface area contributed by atoms with Crippen molar-refractivity contribution in [3.05, 3.63) is 42.1 Å². The van der Waals surface area contributed by atoms with Crippen LogP contribution in [0.2, 0.25) is 0 Å². The Morgan fingerprint density at radius 1 is 1.11 bits per heavy atom. The number of piperidine rings is 1. The molecule has 0 saturated carbocycles. The lowest BCUT2D eigenvalue weighted by Crippen LogP contribution is -2.43. The minimum Gasteiger partial charge on any atom is -0.341 e. The average Bonchev–Trinajstić information content (AvgIpc) is 3.58. The third-order valence-corrected chi connectivity index (χ3v) is 7.34.